The van der Waals surface area contributed by atoms with Crippen molar-refractivity contribution >= 4 is 39.9 Å². The average molecular weight is 332 g/mol. The summed E-state index contributed by atoms with van der Waals surface area (Å²) in [7, 11) is 0. The smallest absolute Gasteiger partial charge is 0.140 e. The molecule has 1 fully saturated rings. The molecule has 1 N–H and O–H groups in total. The van der Waals surface area contributed by atoms with Crippen molar-refractivity contribution in [3.63, 3.8) is 0 Å². The Morgan fingerprint density at radius 1 is 0.955 bits per heavy atom. The van der Waals surface area contributed by atoms with E-state index in [1.165, 1.54) is 18.5 Å². The average Bonchev–Trinajstić information content (AvgIpc) is 3.15. The van der Waals surface area contributed by atoms with Gasteiger partial charge in [0.2, 0.25) is 0 Å². The Morgan fingerprint density at radius 3 is 2.50 bits per heavy atom. The lowest BCUT2D eigenvalue weighted by molar-refractivity contribution is 0.949. The summed E-state index contributed by atoms with van der Waals surface area (Å²) in [5.74, 6) is 0.835. The molecule has 1 aliphatic heterocycles. The van der Waals surface area contributed by atoms with Gasteiger partial charge in [-0.3, -0.25) is 0 Å². The lowest BCUT2D eigenvalue weighted by Crippen LogP contribution is -2.18. The van der Waals surface area contributed by atoms with Crippen LogP contribution in [0.2, 0.25) is 10.0 Å². The molecule has 0 amide bonds. The first-order valence-electron chi connectivity index (χ1n) is 7.41. The molecule has 2 heterocycles. The standard InChI is InChI=1S/C17H15Cl2N3/c18-11-4-6-16(22-7-1-2-8-22)13(9-11)17-20-14-5-3-12(19)10-15(14)21-17/h3-6,9-10H,1-2,7-8H2,(H,20,21). The Hall–Kier alpha value is -1.71. The first-order chi connectivity index (χ1) is 10.7. The lowest BCUT2D eigenvalue weighted by Gasteiger charge is -2.20. The van der Waals surface area contributed by atoms with Crippen molar-refractivity contribution in [2.75, 3.05) is 18.0 Å². The summed E-state index contributed by atoms with van der Waals surface area (Å²) in [6.45, 7) is 2.17. The summed E-state index contributed by atoms with van der Waals surface area (Å²) < 4.78 is 0. The fourth-order valence-corrected chi connectivity index (χ4v) is 3.39. The monoisotopic (exact) mass is 331 g/mol. The number of hydrogen-bond donors (Lipinski definition) is 1. The highest BCUT2D eigenvalue weighted by Crippen LogP contribution is 2.34. The number of hydrogen-bond acceptors (Lipinski definition) is 2. The number of imidazole rings is 1. The lowest BCUT2D eigenvalue weighted by atomic mass is 10.1. The molecule has 0 aliphatic carbocycles. The summed E-state index contributed by atoms with van der Waals surface area (Å²) in [4.78, 5) is 10.5. The second-order valence-corrected chi connectivity index (χ2v) is 6.48. The van der Waals surface area contributed by atoms with E-state index in [0.29, 0.717) is 5.02 Å². The molecule has 0 bridgehead atoms. The van der Waals surface area contributed by atoms with Gasteiger partial charge in [-0.25, -0.2) is 4.98 Å². The van der Waals surface area contributed by atoms with Crippen LogP contribution in [0.5, 0.6) is 0 Å². The van der Waals surface area contributed by atoms with E-state index < -0.39 is 0 Å². The van der Waals surface area contributed by atoms with E-state index in [1.54, 1.807) is 0 Å². The van der Waals surface area contributed by atoms with E-state index in [0.717, 1.165) is 40.5 Å². The predicted molar refractivity (Wildman–Crippen MR) is 93.0 cm³/mol. The number of rotatable bonds is 2. The van der Waals surface area contributed by atoms with Crippen LogP contribution in [-0.4, -0.2) is 23.1 Å². The third-order valence-electron chi connectivity index (χ3n) is 4.10. The van der Waals surface area contributed by atoms with Gasteiger partial charge in [-0.05, 0) is 49.2 Å². The highest BCUT2D eigenvalue weighted by molar-refractivity contribution is 6.31. The topological polar surface area (TPSA) is 31.9 Å². The van der Waals surface area contributed by atoms with Gasteiger partial charge in [0.15, 0.2) is 0 Å². The van der Waals surface area contributed by atoms with E-state index >= 15 is 0 Å². The number of benzene rings is 2. The second-order valence-electron chi connectivity index (χ2n) is 5.60. The van der Waals surface area contributed by atoms with Crippen LogP contribution in [-0.2, 0) is 0 Å². The molecule has 4 rings (SSSR count). The van der Waals surface area contributed by atoms with Crippen molar-refractivity contribution in [3.8, 4) is 11.4 Å². The van der Waals surface area contributed by atoms with Crippen LogP contribution in [0.3, 0.4) is 0 Å². The van der Waals surface area contributed by atoms with Gasteiger partial charge in [0.25, 0.3) is 0 Å². The predicted octanol–water partition coefficient (Wildman–Crippen LogP) is 5.14. The molecule has 0 radical (unpaired) electrons. The molecule has 5 heteroatoms. The quantitative estimate of drug-likeness (QED) is 0.705. The maximum Gasteiger partial charge on any atom is 0.140 e. The van der Waals surface area contributed by atoms with Crippen molar-refractivity contribution in [3.05, 3.63) is 46.4 Å². The number of fused-ring (bicyclic) bond motifs is 1. The van der Waals surface area contributed by atoms with E-state index in [-0.39, 0.29) is 0 Å². The van der Waals surface area contributed by atoms with E-state index in [4.69, 9.17) is 28.2 Å². The van der Waals surface area contributed by atoms with E-state index in [9.17, 15) is 0 Å². The summed E-state index contributed by atoms with van der Waals surface area (Å²) in [6.07, 6.45) is 2.47. The van der Waals surface area contributed by atoms with Crippen molar-refractivity contribution < 1.29 is 0 Å². The minimum absolute atomic E-state index is 0.702. The summed E-state index contributed by atoms with van der Waals surface area (Å²) in [5.41, 5.74) is 4.08. The number of nitrogens with one attached hydrogen (secondary N) is 1. The minimum Gasteiger partial charge on any atom is -0.371 e. The van der Waals surface area contributed by atoms with Crippen LogP contribution in [0.4, 0.5) is 5.69 Å². The van der Waals surface area contributed by atoms with Gasteiger partial charge in [-0.2, -0.15) is 0 Å². The molecule has 0 unspecified atom stereocenters. The van der Waals surface area contributed by atoms with Crippen LogP contribution < -0.4 is 4.90 Å². The molecule has 3 aromatic rings. The van der Waals surface area contributed by atoms with Crippen molar-refractivity contribution in [2.24, 2.45) is 0 Å². The summed E-state index contributed by atoms with van der Waals surface area (Å²) >= 11 is 12.3. The van der Waals surface area contributed by atoms with Crippen molar-refractivity contribution in [2.45, 2.75) is 12.8 Å². The number of anilines is 1. The van der Waals surface area contributed by atoms with Crippen LogP contribution in [0.1, 0.15) is 12.8 Å². The third-order valence-corrected chi connectivity index (χ3v) is 4.57. The zero-order valence-corrected chi connectivity index (χ0v) is 13.5. The normalized spacial score (nSPS) is 14.9. The van der Waals surface area contributed by atoms with Gasteiger partial charge in [-0.1, -0.05) is 23.2 Å². The first-order valence-corrected chi connectivity index (χ1v) is 8.16. The molecule has 22 heavy (non-hydrogen) atoms. The highest BCUT2D eigenvalue weighted by atomic mass is 35.5. The van der Waals surface area contributed by atoms with Crippen molar-refractivity contribution in [1.82, 2.24) is 9.97 Å². The minimum atomic E-state index is 0.702. The largest absolute Gasteiger partial charge is 0.371 e. The molecule has 112 valence electrons. The van der Waals surface area contributed by atoms with Gasteiger partial charge in [0.05, 0.1) is 11.0 Å². The van der Waals surface area contributed by atoms with Crippen LogP contribution in [0.15, 0.2) is 36.4 Å². The number of halogens is 2. The Labute approximate surface area is 138 Å². The van der Waals surface area contributed by atoms with Crippen LogP contribution in [0, 0.1) is 0 Å². The number of aromatic amines is 1. The zero-order valence-electron chi connectivity index (χ0n) is 11.9. The van der Waals surface area contributed by atoms with Gasteiger partial charge < -0.3 is 9.88 Å². The molecule has 2 aromatic carbocycles. The molecule has 1 aromatic heterocycles. The SMILES string of the molecule is Clc1ccc(N2CCCC2)c(-c2nc3ccc(Cl)cc3[nH]2)c1. The maximum atomic E-state index is 6.22. The number of nitrogens with zero attached hydrogens (tertiary/aromatic N) is 2. The molecule has 3 nitrogen and oxygen atoms in total. The Morgan fingerprint density at radius 2 is 1.68 bits per heavy atom. The zero-order chi connectivity index (χ0) is 15.1. The molecule has 0 atom stereocenters. The van der Waals surface area contributed by atoms with Crippen molar-refractivity contribution in [1.29, 1.82) is 0 Å². The van der Waals surface area contributed by atoms with Gasteiger partial charge in [-0.15, -0.1) is 0 Å². The van der Waals surface area contributed by atoms with E-state index in [2.05, 4.69) is 16.0 Å². The molecule has 1 aliphatic rings. The van der Waals surface area contributed by atoms with Gasteiger partial charge in [0.1, 0.15) is 5.82 Å². The first kappa shape index (κ1) is 13.9. The number of H-pyrrole nitrogens is 1. The van der Waals surface area contributed by atoms with Gasteiger partial charge in [0, 0.05) is 34.4 Å². The second kappa shape index (κ2) is 5.49. The Balaban J connectivity index is 1.87. The molecule has 1 saturated heterocycles. The molecular formula is C17H15Cl2N3. The third kappa shape index (κ3) is 2.44. The van der Waals surface area contributed by atoms with Crippen LogP contribution >= 0.6 is 23.2 Å². The van der Waals surface area contributed by atoms with Gasteiger partial charge >= 0.3 is 0 Å². The summed E-state index contributed by atoms with van der Waals surface area (Å²) in [5, 5.41) is 1.42. The maximum absolute atomic E-state index is 6.22. The number of aromatic nitrogens is 2. The Bertz CT molecular complexity index is 835. The summed E-state index contributed by atoms with van der Waals surface area (Å²) in [6, 6.07) is 11.7. The molecule has 0 saturated carbocycles. The molecule has 0 spiro atoms. The fraction of sp³-hybridized carbons (Fsp3) is 0.235. The fourth-order valence-electron chi connectivity index (χ4n) is 3.04. The van der Waals surface area contributed by atoms with Crippen LogP contribution in [0.25, 0.3) is 22.4 Å². The molecular weight excluding hydrogens is 317 g/mol. The Kier molecular flexibility index (Phi) is 3.47. The van der Waals surface area contributed by atoms with E-state index in [1.807, 2.05) is 30.3 Å². The highest BCUT2D eigenvalue weighted by Gasteiger charge is 2.18.